The summed E-state index contributed by atoms with van der Waals surface area (Å²) in [6, 6.07) is 13.1. The molecule has 3 amide bonds. The molecule has 0 aliphatic carbocycles. The maximum atomic E-state index is 14.2. The normalized spacial score (nSPS) is 14.9. The average molecular weight is 704 g/mol. The summed E-state index contributed by atoms with van der Waals surface area (Å²) >= 11 is 0. The summed E-state index contributed by atoms with van der Waals surface area (Å²) in [5.41, 5.74) is 13.8. The zero-order valence-electron chi connectivity index (χ0n) is 30.2. The van der Waals surface area contributed by atoms with E-state index in [1.54, 1.807) is 27.6 Å². The maximum absolute atomic E-state index is 14.2. The fourth-order valence-electron chi connectivity index (χ4n) is 7.32. The SMILES string of the molecule is CCc1cccc2c1nc1n2CCCCn2c(nc3cc(C(N)=O)ccc32)NC(=O)c2cc(C)nn2CCCCCc2c(C)nn(CC)c2C(=O)N1. The Morgan fingerprint density at radius 3 is 2.31 bits per heavy atom. The molecule has 4 aromatic heterocycles. The van der Waals surface area contributed by atoms with Crippen molar-refractivity contribution in [2.75, 3.05) is 10.6 Å². The van der Waals surface area contributed by atoms with Crippen LogP contribution in [0.25, 0.3) is 22.1 Å². The second-order valence-electron chi connectivity index (χ2n) is 13.4. The summed E-state index contributed by atoms with van der Waals surface area (Å²) in [6.45, 7) is 10.2. The van der Waals surface area contributed by atoms with E-state index in [0.29, 0.717) is 67.0 Å². The molecule has 5 heterocycles. The lowest BCUT2D eigenvalue weighted by atomic mass is 10.0. The molecule has 14 nitrogen and oxygen atoms in total. The predicted molar refractivity (Wildman–Crippen MR) is 200 cm³/mol. The van der Waals surface area contributed by atoms with E-state index in [1.165, 1.54) is 0 Å². The maximum Gasteiger partial charge on any atom is 0.276 e. The minimum absolute atomic E-state index is 0.218. The van der Waals surface area contributed by atoms with Gasteiger partial charge in [0.15, 0.2) is 0 Å². The fourth-order valence-corrected chi connectivity index (χ4v) is 7.32. The Morgan fingerprint density at radius 1 is 0.827 bits per heavy atom. The van der Waals surface area contributed by atoms with E-state index in [9.17, 15) is 14.4 Å². The van der Waals surface area contributed by atoms with Crippen LogP contribution in [0.4, 0.5) is 11.9 Å². The first kappa shape index (κ1) is 34.6. The van der Waals surface area contributed by atoms with Crippen molar-refractivity contribution in [3.63, 3.8) is 0 Å². The summed E-state index contributed by atoms with van der Waals surface area (Å²) in [4.78, 5) is 49.7. The van der Waals surface area contributed by atoms with E-state index >= 15 is 0 Å². The number of carbonyl (C=O) groups excluding carboxylic acids is 3. The summed E-state index contributed by atoms with van der Waals surface area (Å²) in [5.74, 6) is -0.192. The summed E-state index contributed by atoms with van der Waals surface area (Å²) in [7, 11) is 0. The predicted octanol–water partition coefficient (Wildman–Crippen LogP) is 5.79. The smallest absolute Gasteiger partial charge is 0.276 e. The average Bonchev–Trinajstić information content (AvgIpc) is 3.87. The third-order valence-electron chi connectivity index (χ3n) is 9.94. The number of aryl methyl sites for hydroxylation is 7. The zero-order chi connectivity index (χ0) is 36.5. The topological polar surface area (TPSA) is 173 Å². The number of carbonyl (C=O) groups is 3. The second kappa shape index (κ2) is 14.4. The highest BCUT2D eigenvalue weighted by atomic mass is 16.2. The molecule has 14 heteroatoms. The first-order valence-electron chi connectivity index (χ1n) is 18.2. The molecule has 0 fully saturated rings. The summed E-state index contributed by atoms with van der Waals surface area (Å²) < 4.78 is 7.59. The van der Waals surface area contributed by atoms with Crippen molar-refractivity contribution in [1.29, 1.82) is 0 Å². The molecule has 0 bridgehead atoms. The number of nitrogens with zero attached hydrogens (tertiary/aromatic N) is 8. The van der Waals surface area contributed by atoms with Crippen molar-refractivity contribution in [3.8, 4) is 0 Å². The number of hydrogen-bond donors (Lipinski definition) is 3. The summed E-state index contributed by atoms with van der Waals surface area (Å²) in [5, 5.41) is 15.6. The van der Waals surface area contributed by atoms with Crippen LogP contribution in [-0.4, -0.2) is 56.4 Å². The van der Waals surface area contributed by atoms with E-state index < -0.39 is 5.91 Å². The Hall–Kier alpha value is -5.79. The lowest BCUT2D eigenvalue weighted by Gasteiger charge is -2.13. The Kier molecular flexibility index (Phi) is 9.63. The van der Waals surface area contributed by atoms with Crippen molar-refractivity contribution in [3.05, 3.63) is 81.9 Å². The van der Waals surface area contributed by atoms with Crippen LogP contribution in [0.1, 0.15) is 99.8 Å². The zero-order valence-corrected chi connectivity index (χ0v) is 30.2. The van der Waals surface area contributed by atoms with Crippen molar-refractivity contribution in [1.82, 2.24) is 38.7 Å². The number of aromatic nitrogens is 8. The van der Waals surface area contributed by atoms with Crippen LogP contribution in [0.3, 0.4) is 0 Å². The third kappa shape index (κ3) is 6.56. The highest BCUT2D eigenvalue weighted by Crippen LogP contribution is 2.27. The monoisotopic (exact) mass is 703 g/mol. The van der Waals surface area contributed by atoms with E-state index in [0.717, 1.165) is 77.6 Å². The van der Waals surface area contributed by atoms with E-state index in [1.807, 2.05) is 43.5 Å². The molecule has 52 heavy (non-hydrogen) atoms. The lowest BCUT2D eigenvalue weighted by molar-refractivity contribution is 0.0994. The number of para-hydroxylation sites is 1. The quantitative estimate of drug-likeness (QED) is 0.209. The van der Waals surface area contributed by atoms with Crippen molar-refractivity contribution in [2.24, 2.45) is 5.73 Å². The number of benzene rings is 2. The van der Waals surface area contributed by atoms with Gasteiger partial charge in [-0.3, -0.25) is 34.4 Å². The standard InChI is InChI=1S/C38H45N11O3/c1-5-25-13-12-15-30-32(25)41-38-43-36(52)33-27(24(4)45-48(33)6-2)14-8-7-9-20-49-31(21-23(3)44-49)35(51)42-37-40-28-22-26(34(39)50)16-17-29(28)46(37)18-10-11-19-47(30)38/h12-13,15-17,21-22H,5-11,14,18-20H2,1-4H3,(H2,39,50)(H,40,42,51)(H,41,43,52). The molecular formula is C38H45N11O3. The van der Waals surface area contributed by atoms with Gasteiger partial charge in [-0.25, -0.2) is 9.97 Å². The van der Waals surface area contributed by atoms with Gasteiger partial charge in [-0.2, -0.15) is 10.2 Å². The number of imidazole rings is 2. The van der Waals surface area contributed by atoms with Gasteiger partial charge in [-0.1, -0.05) is 25.5 Å². The van der Waals surface area contributed by atoms with Crippen molar-refractivity contribution in [2.45, 2.75) is 98.8 Å². The molecule has 1 aliphatic rings. The fraction of sp³-hybridized carbons (Fsp3) is 0.395. The molecule has 0 spiro atoms. The van der Waals surface area contributed by atoms with E-state index in [-0.39, 0.29) is 11.8 Å². The first-order chi connectivity index (χ1) is 25.2. The molecule has 270 valence electrons. The van der Waals surface area contributed by atoms with Gasteiger partial charge in [0.05, 0.1) is 33.5 Å². The van der Waals surface area contributed by atoms with Crippen LogP contribution in [0.5, 0.6) is 0 Å². The van der Waals surface area contributed by atoms with Crippen LogP contribution in [0.2, 0.25) is 0 Å². The van der Waals surface area contributed by atoms with Crippen molar-refractivity contribution >= 4 is 51.7 Å². The highest BCUT2D eigenvalue weighted by molar-refractivity contribution is 6.05. The van der Waals surface area contributed by atoms with Gasteiger partial charge in [0.1, 0.15) is 11.4 Å². The van der Waals surface area contributed by atoms with Crippen LogP contribution in [0.15, 0.2) is 42.5 Å². The number of fused-ring (bicyclic) bond motifs is 8. The molecule has 0 atom stereocenters. The molecule has 6 aromatic rings. The minimum Gasteiger partial charge on any atom is -0.366 e. The number of primary amides is 1. The first-order valence-corrected chi connectivity index (χ1v) is 18.2. The Balaban J connectivity index is 1.28. The number of nitrogens with one attached hydrogen (secondary N) is 2. The second-order valence-corrected chi connectivity index (χ2v) is 13.4. The third-order valence-corrected chi connectivity index (χ3v) is 9.94. The summed E-state index contributed by atoms with van der Waals surface area (Å²) in [6.07, 6.45) is 5.47. The molecule has 1 aliphatic heterocycles. The number of nitrogens with two attached hydrogens (primary N) is 1. The Labute approximate surface area is 301 Å². The molecule has 0 saturated heterocycles. The van der Waals surface area contributed by atoms with Gasteiger partial charge in [-0.15, -0.1) is 0 Å². The van der Waals surface area contributed by atoms with Gasteiger partial charge in [-0.05, 0) is 95.2 Å². The van der Waals surface area contributed by atoms with E-state index in [2.05, 4.69) is 33.3 Å². The largest absolute Gasteiger partial charge is 0.366 e. The number of hydrogen-bond acceptors (Lipinski definition) is 7. The number of anilines is 2. The van der Waals surface area contributed by atoms with Gasteiger partial charge in [0.25, 0.3) is 11.8 Å². The van der Waals surface area contributed by atoms with Crippen LogP contribution in [0, 0.1) is 13.8 Å². The van der Waals surface area contributed by atoms with Crippen LogP contribution in [-0.2, 0) is 39.0 Å². The molecule has 7 rings (SSSR count). The molecule has 0 saturated carbocycles. The minimum atomic E-state index is -0.548. The van der Waals surface area contributed by atoms with Gasteiger partial charge in [0.2, 0.25) is 17.8 Å². The Morgan fingerprint density at radius 2 is 1.56 bits per heavy atom. The lowest BCUT2D eigenvalue weighted by Crippen LogP contribution is -2.21. The highest BCUT2D eigenvalue weighted by Gasteiger charge is 2.24. The van der Waals surface area contributed by atoms with Crippen LogP contribution < -0.4 is 16.4 Å². The van der Waals surface area contributed by atoms with E-state index in [4.69, 9.17) is 20.8 Å². The molecular weight excluding hydrogens is 658 g/mol. The molecule has 0 radical (unpaired) electrons. The molecule has 4 N–H and O–H groups in total. The van der Waals surface area contributed by atoms with Gasteiger partial charge >= 0.3 is 0 Å². The molecule has 2 aromatic carbocycles. The number of amides is 3. The van der Waals surface area contributed by atoms with Crippen molar-refractivity contribution < 1.29 is 14.4 Å². The van der Waals surface area contributed by atoms with Gasteiger partial charge in [0, 0.05) is 37.3 Å². The van der Waals surface area contributed by atoms with Gasteiger partial charge < -0.3 is 14.9 Å². The number of rotatable bonds is 3. The molecule has 0 unspecified atom stereocenters. The van der Waals surface area contributed by atoms with Crippen LogP contribution >= 0.6 is 0 Å². The Bertz CT molecular complexity index is 2320.